The molecule has 0 aliphatic carbocycles. The first-order valence-corrected chi connectivity index (χ1v) is 5.16. The minimum absolute atomic E-state index is 0. The minimum atomic E-state index is -1.08. The summed E-state index contributed by atoms with van der Waals surface area (Å²) in [7, 11) is 0. The van der Waals surface area contributed by atoms with E-state index in [4.69, 9.17) is 52.6 Å². The van der Waals surface area contributed by atoms with Crippen LogP contribution in [0.1, 0.15) is 20.8 Å². The second-order valence-corrected chi connectivity index (χ2v) is 2.50. The van der Waals surface area contributed by atoms with Crippen LogP contribution in [-0.4, -0.2) is 49.2 Å². The number of carbonyl (C=O) groups excluding carboxylic acids is 2. The van der Waals surface area contributed by atoms with Gasteiger partial charge in [-0.2, -0.15) is 26.2 Å². The van der Waals surface area contributed by atoms with E-state index >= 15 is 0 Å². The molecule has 0 unspecified atom stereocenters. The van der Waals surface area contributed by atoms with Crippen LogP contribution in [0.15, 0.2) is 0 Å². The van der Waals surface area contributed by atoms with Gasteiger partial charge in [-0.3, -0.25) is 4.79 Å². The summed E-state index contributed by atoms with van der Waals surface area (Å²) in [6.45, 7) is 3.97. The smallest absolute Gasteiger partial charge is 0.679 e. The molecule has 0 radical (unpaired) electrons. The van der Waals surface area contributed by atoms with Crippen molar-refractivity contribution in [3.8, 4) is 0 Å². The number of hydrogen-bond donors (Lipinski definition) is 1. The number of hydrogen-bond acceptors (Lipinski definition) is 5. The maximum absolute atomic E-state index is 9.00. The number of carbonyl (C=O) groups is 3. The number of rotatable bonds is 2. The van der Waals surface area contributed by atoms with E-state index in [1.165, 1.54) is 0 Å². The molecule has 0 fully saturated rings. The van der Waals surface area contributed by atoms with E-state index < -0.39 is 17.9 Å². The molecule has 0 amide bonds. The summed E-state index contributed by atoms with van der Waals surface area (Å²) >= 11 is 0. The van der Waals surface area contributed by atoms with Crippen molar-refractivity contribution in [2.45, 2.75) is 20.8 Å². The summed E-state index contributed by atoms with van der Waals surface area (Å²) in [5.74, 6) is -3.00. The van der Waals surface area contributed by atoms with Crippen LogP contribution in [0.2, 0.25) is 0 Å². The van der Waals surface area contributed by atoms with Crippen molar-refractivity contribution in [3.63, 3.8) is 0 Å². The van der Waals surface area contributed by atoms with E-state index in [9.17, 15) is 0 Å². The summed E-state index contributed by atoms with van der Waals surface area (Å²) < 4.78 is 0. The third-order valence-corrected chi connectivity index (χ3v) is 0.250. The fourth-order valence-corrected chi connectivity index (χ4v) is 0. The molecule has 0 saturated heterocycles. The van der Waals surface area contributed by atoms with Crippen LogP contribution in [0.4, 0.5) is 0 Å². The van der Waals surface area contributed by atoms with Crippen LogP contribution >= 0.6 is 0 Å². The van der Waals surface area contributed by atoms with Gasteiger partial charge in [0.15, 0.2) is 0 Å². The standard InChI is InChI=1S/2C2H6N2.3C2H4O2.Co/c2*3-1-2-4;3*1-2(3)4;/h2*3-4H,1-2H2;3*1H3,(H,3,4);/q2*-2;;;;+3/p-2. The molecule has 0 heterocycles. The zero-order chi connectivity index (χ0) is 17.6. The second-order valence-electron chi connectivity index (χ2n) is 2.50. The number of nitrogens with one attached hydrogen (secondary N) is 4. The van der Waals surface area contributed by atoms with Crippen molar-refractivity contribution in [1.29, 1.82) is 0 Å². The van der Waals surface area contributed by atoms with Gasteiger partial charge in [0, 0.05) is 18.9 Å². The zero-order valence-electron chi connectivity index (χ0n) is 12.2. The number of aliphatic carboxylic acids is 3. The van der Waals surface area contributed by atoms with Gasteiger partial charge in [0.05, 0.1) is 0 Å². The third-order valence-electron chi connectivity index (χ3n) is 0.250. The topological polar surface area (TPSA) is 213 Å². The van der Waals surface area contributed by atoms with E-state index in [1.54, 1.807) is 0 Å². The Labute approximate surface area is 135 Å². The van der Waals surface area contributed by atoms with Gasteiger partial charge in [0.2, 0.25) is 0 Å². The van der Waals surface area contributed by atoms with Crippen LogP contribution < -0.4 is 10.2 Å². The Kier molecular flexibility index (Phi) is 74.8. The first kappa shape index (κ1) is 36.7. The molecule has 11 heteroatoms. The summed E-state index contributed by atoms with van der Waals surface area (Å²) in [6.07, 6.45) is 0. The Balaban J connectivity index is -0.0000000331. The van der Waals surface area contributed by atoms with Gasteiger partial charge in [0.25, 0.3) is 5.97 Å². The van der Waals surface area contributed by atoms with Crippen LogP contribution in [0.5, 0.6) is 0 Å². The summed E-state index contributed by atoms with van der Waals surface area (Å²) in [4.78, 5) is 26.8. The number of carboxylic acids is 3. The zero-order valence-corrected chi connectivity index (χ0v) is 13.2. The predicted octanol–water partition coefficient (Wildman–Crippen LogP) is -0.218. The molecule has 0 spiro atoms. The predicted molar refractivity (Wildman–Crippen MR) is 71.4 cm³/mol. The number of carboxylic acid groups (broad SMARTS) is 3. The maximum atomic E-state index is 9.00. The normalized spacial score (nSPS) is 6.43. The van der Waals surface area contributed by atoms with Gasteiger partial charge < -0.3 is 47.8 Å². The average Bonchev–Trinajstić information content (AvgIpc) is 2.26. The fraction of sp³-hybridized carbons (Fsp3) is 0.700. The molecule has 0 aromatic rings. The van der Waals surface area contributed by atoms with E-state index in [0.29, 0.717) is 0 Å². The molecule has 21 heavy (non-hydrogen) atoms. The van der Waals surface area contributed by atoms with E-state index in [-0.39, 0.29) is 43.0 Å². The van der Waals surface area contributed by atoms with Crippen LogP contribution in [0.3, 0.4) is 0 Å². The Morgan fingerprint density at radius 1 is 0.762 bits per heavy atom. The summed E-state index contributed by atoms with van der Waals surface area (Å²) in [6, 6.07) is 0. The van der Waals surface area contributed by atoms with E-state index in [2.05, 4.69) is 0 Å². The van der Waals surface area contributed by atoms with Crippen LogP contribution in [0, 0.1) is 0 Å². The molecule has 0 aromatic carbocycles. The van der Waals surface area contributed by atoms with Crippen molar-refractivity contribution in [3.05, 3.63) is 22.9 Å². The van der Waals surface area contributed by atoms with Gasteiger partial charge in [-0.1, -0.05) is 0 Å². The Bertz CT molecular complexity index is 171. The first-order chi connectivity index (χ1) is 9.02. The summed E-state index contributed by atoms with van der Waals surface area (Å²) in [5, 5.41) is 25.2. The molecule has 0 saturated carbocycles. The summed E-state index contributed by atoms with van der Waals surface area (Å²) in [5.41, 5.74) is 25.1. The van der Waals surface area contributed by atoms with Crippen LogP contribution in [-0.2, 0) is 31.2 Å². The van der Waals surface area contributed by atoms with E-state index in [1.807, 2.05) is 0 Å². The second kappa shape index (κ2) is 42.8. The van der Waals surface area contributed by atoms with Crippen molar-refractivity contribution >= 4 is 17.9 Å². The van der Waals surface area contributed by atoms with Crippen molar-refractivity contribution < 1.29 is 46.5 Å². The molecule has 0 rings (SSSR count). The maximum Gasteiger partial charge on any atom is 3.00 e. The molecule has 0 atom stereocenters. The van der Waals surface area contributed by atoms with Gasteiger partial charge in [-0.15, -0.1) is 0 Å². The fourth-order valence-electron chi connectivity index (χ4n) is 0. The largest absolute Gasteiger partial charge is 3.00 e. The Hall–Kier alpha value is -1.24. The van der Waals surface area contributed by atoms with Crippen molar-refractivity contribution in [2.24, 2.45) is 0 Å². The monoisotopic (exact) mass is 353 g/mol. The molecule has 0 bridgehead atoms. The molecule has 10 nitrogen and oxygen atoms in total. The molecule has 5 N–H and O–H groups in total. The molecular weight excluding hydrogens is 331 g/mol. The van der Waals surface area contributed by atoms with Crippen molar-refractivity contribution in [2.75, 3.05) is 26.2 Å². The molecule has 130 valence electrons. The molecular formula is C10H22CoN4O6-3. The quantitative estimate of drug-likeness (QED) is 0.707. The van der Waals surface area contributed by atoms with Crippen molar-refractivity contribution in [1.82, 2.24) is 0 Å². The van der Waals surface area contributed by atoms with Gasteiger partial charge >= 0.3 is 16.8 Å². The third kappa shape index (κ3) is 9200. The van der Waals surface area contributed by atoms with Crippen LogP contribution in [0.25, 0.3) is 22.9 Å². The van der Waals surface area contributed by atoms with Gasteiger partial charge in [-0.05, 0) is 13.8 Å². The Morgan fingerprint density at radius 3 is 0.810 bits per heavy atom. The Morgan fingerprint density at radius 2 is 0.810 bits per heavy atom. The minimum Gasteiger partial charge on any atom is -0.679 e. The average molecular weight is 353 g/mol. The first-order valence-electron chi connectivity index (χ1n) is 5.16. The molecule has 0 aliphatic rings. The van der Waals surface area contributed by atoms with Gasteiger partial charge in [0.1, 0.15) is 0 Å². The molecule has 0 aliphatic heterocycles. The molecule has 0 aromatic heterocycles. The van der Waals surface area contributed by atoms with Gasteiger partial charge in [-0.25, -0.2) is 0 Å². The van der Waals surface area contributed by atoms with E-state index in [0.717, 1.165) is 20.8 Å². The SMILES string of the molecule is CC(=O)O.CC(=O)[O-].CC(=O)[O-].[Co+3].[NH-]CC[NH-].[NH-]CC[NH-].